The second-order valence-electron chi connectivity index (χ2n) is 0.729. The zero-order valence-corrected chi connectivity index (χ0v) is 2.21. The molecule has 1 aliphatic carbocycles. The summed E-state index contributed by atoms with van der Waals surface area (Å²) in [4.78, 5) is 0. The minimum Gasteiger partial charge on any atom is -0.0998 e. The lowest BCUT2D eigenvalue weighted by atomic mass is 10.7. The Morgan fingerprint density at radius 3 is 2.25 bits per heavy atom. The molecule has 0 atom stereocenters. The minimum atomic E-state index is -1.76. The van der Waals surface area contributed by atoms with Crippen molar-refractivity contribution in [2.24, 2.45) is 0 Å². The quantitative estimate of drug-likeness (QED) is 0.369. The van der Waals surface area contributed by atoms with Crippen LogP contribution in [-0.2, 0) is 0 Å². The second-order valence-corrected chi connectivity index (χ2v) is 0.729. The van der Waals surface area contributed by atoms with Crippen molar-refractivity contribution in [3.63, 3.8) is 0 Å². The summed E-state index contributed by atoms with van der Waals surface area (Å²) in [6.45, 7) is 3.22. The van der Waals surface area contributed by atoms with Crippen LogP contribution in [0.15, 0.2) is 12.2 Å². The van der Waals surface area contributed by atoms with Gasteiger partial charge in [-0.3, -0.25) is 0 Å². The molecule has 0 radical (unpaired) electrons. The van der Waals surface area contributed by atoms with Gasteiger partial charge in [-0.15, -0.1) is 0 Å². The normalized spacial score (nSPS) is 61.5. The van der Waals surface area contributed by atoms with E-state index in [4.69, 9.17) is 5.48 Å². The molecule has 0 N–H and O–H groups in total. The Morgan fingerprint density at radius 1 is 2.00 bits per heavy atom. The third kappa shape index (κ3) is 0.127. The molecule has 0 aromatic rings. The van der Waals surface area contributed by atoms with E-state index >= 15 is 0 Å². The molecule has 0 aromatic heterocycles. The maximum atomic E-state index is 6.85. The van der Waals surface area contributed by atoms with Crippen LogP contribution in [0.5, 0.6) is 0 Å². The predicted molar refractivity (Wildman–Crippen MR) is 18.4 cm³/mol. The highest BCUT2D eigenvalue weighted by Gasteiger charge is 2.04. The number of hydrogen-bond acceptors (Lipinski definition) is 0. The monoisotopic (exact) mass is 58.1 g/mol. The molecule has 1 fully saturated rings. The Balaban J connectivity index is 2.88. The van der Waals surface area contributed by atoms with Crippen LogP contribution < -0.4 is 0 Å². The maximum absolute atomic E-state index is 6.85. The van der Waals surface area contributed by atoms with Crippen LogP contribution in [-0.4, -0.2) is 0 Å². The van der Waals surface area contributed by atoms with E-state index in [0.29, 0.717) is 0 Å². The first kappa shape index (κ1) is 0.469. The van der Waals surface area contributed by atoms with Gasteiger partial charge in [0.2, 0.25) is 0 Å². The molecule has 0 amide bonds. The first-order valence-electron chi connectivity index (χ1n) is 3.10. The summed E-state index contributed by atoms with van der Waals surface area (Å²) < 4.78 is 27.4. The van der Waals surface area contributed by atoms with Crippen molar-refractivity contribution in [3.05, 3.63) is 12.2 Å². The van der Waals surface area contributed by atoms with Crippen LogP contribution in [0.2, 0.25) is 0 Å². The van der Waals surface area contributed by atoms with Crippen LogP contribution in [0.3, 0.4) is 0 Å². The molecule has 0 saturated heterocycles. The summed E-state index contributed by atoms with van der Waals surface area (Å²) in [5.41, 5.74) is 0.0602. The Morgan fingerprint density at radius 2 is 2.25 bits per heavy atom. The summed E-state index contributed by atoms with van der Waals surface area (Å²) in [6.07, 6.45) is -3.51. The molecular formula is C4H6. The Labute approximate surface area is 31.8 Å². The van der Waals surface area contributed by atoms with Gasteiger partial charge in [-0.1, -0.05) is 12.2 Å². The topological polar surface area (TPSA) is 0 Å². The van der Waals surface area contributed by atoms with Crippen molar-refractivity contribution in [2.45, 2.75) is 12.7 Å². The first-order valence-corrected chi connectivity index (χ1v) is 1.10. The fraction of sp³-hybridized carbons (Fsp3) is 0.500. The van der Waals surface area contributed by atoms with E-state index in [1.165, 1.54) is 0 Å². The first-order chi connectivity index (χ1) is 3.40. The third-order valence-corrected chi connectivity index (χ3v) is 0.302. The fourth-order valence-corrected chi connectivity index (χ4v) is 0.0442. The summed E-state index contributed by atoms with van der Waals surface area (Å²) >= 11 is 0. The van der Waals surface area contributed by atoms with Gasteiger partial charge in [0.1, 0.15) is 0 Å². The fourth-order valence-electron chi connectivity index (χ4n) is 0.0442. The van der Waals surface area contributed by atoms with Crippen molar-refractivity contribution in [3.8, 4) is 0 Å². The van der Waals surface area contributed by atoms with Crippen LogP contribution in [0, 0.1) is 0 Å². The lowest BCUT2D eigenvalue weighted by molar-refractivity contribution is 1.50. The highest BCUT2D eigenvalue weighted by molar-refractivity contribution is 5.09. The average Bonchev–Trinajstić information content (AvgIpc) is 1.88. The summed E-state index contributed by atoms with van der Waals surface area (Å²) in [5.74, 6) is 0. The highest BCUT2D eigenvalue weighted by atomic mass is 14.1. The van der Waals surface area contributed by atoms with Crippen molar-refractivity contribution in [1.29, 1.82) is 0 Å². The van der Waals surface area contributed by atoms with E-state index < -0.39 is 12.7 Å². The molecule has 0 nitrogen and oxygen atoms in total. The molecule has 0 aromatic carbocycles. The van der Waals surface area contributed by atoms with E-state index in [0.717, 1.165) is 0 Å². The predicted octanol–water partition coefficient (Wildman–Crippen LogP) is 1.34. The molecule has 0 spiro atoms. The molecule has 0 heterocycles. The van der Waals surface area contributed by atoms with Gasteiger partial charge in [0.15, 0.2) is 0 Å². The Bertz CT molecular complexity index is 130. The molecule has 0 unspecified atom stereocenters. The highest BCUT2D eigenvalue weighted by Crippen LogP contribution is 2.23. The van der Waals surface area contributed by atoms with E-state index in [1.807, 2.05) is 0 Å². The maximum Gasteiger partial charge on any atom is 0.0316 e. The van der Waals surface area contributed by atoms with E-state index in [1.54, 1.807) is 0 Å². The molecular weight excluding hydrogens is 48.0 g/mol. The number of allylic oxidation sites excluding steroid dienone is 1. The van der Waals surface area contributed by atoms with E-state index in [9.17, 15) is 0 Å². The zero-order chi connectivity index (χ0) is 6.58. The molecule has 22 valence electrons. The molecule has 1 saturated carbocycles. The zero-order valence-electron chi connectivity index (χ0n) is 6.21. The minimum absolute atomic E-state index is 0.0602. The molecule has 0 aliphatic heterocycles. The average molecular weight is 58.1 g/mol. The Hall–Kier alpha value is -0.260. The van der Waals surface area contributed by atoms with Crippen LogP contribution >= 0.6 is 0 Å². The number of hydrogen-bond donors (Lipinski definition) is 0. The smallest absolute Gasteiger partial charge is 0.0316 e. The third-order valence-electron chi connectivity index (χ3n) is 0.302. The number of rotatable bonds is 0. The van der Waals surface area contributed by atoms with Crippen molar-refractivity contribution < 1.29 is 5.48 Å². The van der Waals surface area contributed by atoms with Gasteiger partial charge in [0.25, 0.3) is 0 Å². The van der Waals surface area contributed by atoms with E-state index in [-0.39, 0.29) is 5.57 Å². The second kappa shape index (κ2) is 0.369. The summed E-state index contributed by atoms with van der Waals surface area (Å²) in [6, 6.07) is 0. The summed E-state index contributed by atoms with van der Waals surface area (Å²) in [5, 5.41) is 0. The van der Waals surface area contributed by atoms with Crippen LogP contribution in [0.25, 0.3) is 0 Å². The van der Waals surface area contributed by atoms with Crippen molar-refractivity contribution in [1.82, 2.24) is 0 Å². The van der Waals surface area contributed by atoms with Gasteiger partial charge in [-0.05, 0) is 12.7 Å². The van der Waals surface area contributed by atoms with Gasteiger partial charge < -0.3 is 0 Å². The van der Waals surface area contributed by atoms with Gasteiger partial charge in [0.05, 0.1) is 0 Å². The van der Waals surface area contributed by atoms with Gasteiger partial charge in [-0.2, -0.15) is 0 Å². The standard InChI is InChI=1S/C4H6/c1-4-2-3-4/h1-3H2/i2D2,3D2. The molecule has 1 rings (SSSR count). The molecule has 4 heavy (non-hydrogen) atoms. The molecule has 0 bridgehead atoms. The van der Waals surface area contributed by atoms with Crippen molar-refractivity contribution >= 4 is 0 Å². The van der Waals surface area contributed by atoms with Crippen molar-refractivity contribution in [2.75, 3.05) is 0 Å². The lowest BCUT2D eigenvalue weighted by Crippen LogP contribution is -1.12. The van der Waals surface area contributed by atoms with Gasteiger partial charge in [0, 0.05) is 5.48 Å². The lowest BCUT2D eigenvalue weighted by Gasteiger charge is -1.34. The van der Waals surface area contributed by atoms with E-state index in [2.05, 4.69) is 6.58 Å². The van der Waals surface area contributed by atoms with Crippen LogP contribution in [0.1, 0.15) is 18.2 Å². The van der Waals surface area contributed by atoms with Gasteiger partial charge in [-0.25, -0.2) is 0 Å². The van der Waals surface area contributed by atoms with Gasteiger partial charge >= 0.3 is 0 Å². The Kier molecular flexibility index (Phi) is 0.0433. The molecule has 1 aliphatic rings. The molecule has 0 heteroatoms. The SMILES string of the molecule is [2H]C1([2H])C(=C)C1([2H])[2H]. The largest absolute Gasteiger partial charge is 0.0998 e. The summed E-state index contributed by atoms with van der Waals surface area (Å²) in [7, 11) is 0. The van der Waals surface area contributed by atoms with Crippen LogP contribution in [0.4, 0.5) is 0 Å².